The summed E-state index contributed by atoms with van der Waals surface area (Å²) in [7, 11) is 0. The maximum absolute atomic E-state index is 13.6. The molecule has 1 fully saturated rings. The minimum Gasteiger partial charge on any atom is -0.463 e. The van der Waals surface area contributed by atoms with E-state index < -0.39 is 89.0 Å². The van der Waals surface area contributed by atoms with E-state index in [2.05, 4.69) is 0 Å². The maximum Gasteiger partial charge on any atom is 0.311 e. The van der Waals surface area contributed by atoms with Crippen LogP contribution in [0.25, 0.3) is 0 Å². The van der Waals surface area contributed by atoms with E-state index in [-0.39, 0.29) is 130 Å². The van der Waals surface area contributed by atoms with Gasteiger partial charge in [0, 0.05) is 13.0 Å². The number of ether oxygens (including phenoxy) is 6. The lowest BCUT2D eigenvalue weighted by Gasteiger charge is -2.39. The molecule has 0 radical (unpaired) electrons. The van der Waals surface area contributed by atoms with E-state index in [1.807, 2.05) is 0 Å². The van der Waals surface area contributed by atoms with Crippen molar-refractivity contribution in [1.29, 1.82) is 0 Å². The number of esters is 5. The van der Waals surface area contributed by atoms with Gasteiger partial charge in [-0.05, 0) is 87.0 Å². The third-order valence-electron chi connectivity index (χ3n) is 10.5. The summed E-state index contributed by atoms with van der Waals surface area (Å²) >= 11 is 0. The topological polar surface area (TPSA) is 242 Å². The Kier molecular flexibility index (Phi) is 39.8. The van der Waals surface area contributed by atoms with Crippen molar-refractivity contribution < 1.29 is 77.6 Å². The monoisotopic (exact) mass is 932 g/mol. The summed E-state index contributed by atoms with van der Waals surface area (Å²) in [6.45, 7) is 13.0. The quantitative estimate of drug-likeness (QED) is 0.0369. The van der Waals surface area contributed by atoms with E-state index in [1.165, 1.54) is 20.8 Å². The number of amides is 1. The van der Waals surface area contributed by atoms with Crippen molar-refractivity contribution in [2.45, 2.75) is 171 Å². The fourth-order valence-electron chi connectivity index (χ4n) is 6.94. The van der Waals surface area contributed by atoms with Crippen LogP contribution in [0.3, 0.4) is 0 Å². The van der Waals surface area contributed by atoms with E-state index in [9.17, 15) is 44.1 Å². The first kappa shape index (κ1) is 74.9. The largest absolute Gasteiger partial charge is 0.463 e. The van der Waals surface area contributed by atoms with Crippen LogP contribution < -0.4 is 0 Å². The number of likely N-dealkylation sites (tertiary alicyclic amines) is 1. The first-order chi connectivity index (χ1) is 26.5. The third kappa shape index (κ3) is 23.7. The van der Waals surface area contributed by atoms with Gasteiger partial charge in [0.25, 0.3) is 0 Å². The molecule has 0 aromatic rings. The van der Waals surface area contributed by atoms with Gasteiger partial charge in [0.2, 0.25) is 5.91 Å². The van der Waals surface area contributed by atoms with Gasteiger partial charge in [0.1, 0.15) is 45.2 Å². The molecule has 1 aliphatic rings. The van der Waals surface area contributed by atoms with E-state index in [1.54, 1.807) is 46.4 Å². The Morgan fingerprint density at radius 1 is 0.562 bits per heavy atom. The summed E-state index contributed by atoms with van der Waals surface area (Å²) in [5, 5.41) is 38.5. The number of hydrogen-bond donors (Lipinski definition) is 4. The van der Waals surface area contributed by atoms with E-state index in [0.29, 0.717) is 19.4 Å². The van der Waals surface area contributed by atoms with E-state index >= 15 is 0 Å². The molecule has 1 aliphatic heterocycles. The molecule has 5 atom stereocenters. The molecule has 4 N–H and O–H groups in total. The Hall–Kier alpha value is -3.38. The highest BCUT2D eigenvalue weighted by Crippen LogP contribution is 2.46. The van der Waals surface area contributed by atoms with E-state index in [4.69, 9.17) is 33.5 Å². The van der Waals surface area contributed by atoms with Crippen LogP contribution in [0.4, 0.5) is 0 Å². The number of aliphatic hydroxyl groups is 4. The van der Waals surface area contributed by atoms with Gasteiger partial charge in [0.15, 0.2) is 0 Å². The molecule has 1 rings (SSSR count). The summed E-state index contributed by atoms with van der Waals surface area (Å²) < 4.78 is 32.2. The minimum atomic E-state index is -1.50. The molecule has 0 aromatic heterocycles. The predicted octanol–water partition coefficient (Wildman–Crippen LogP) is 6.56. The molecule has 0 aliphatic carbocycles. The van der Waals surface area contributed by atoms with Crippen LogP contribution >= 0.6 is 0 Å². The third-order valence-corrected chi connectivity index (χ3v) is 10.5. The zero-order chi connectivity index (χ0) is 43.7. The highest BCUT2D eigenvalue weighted by molar-refractivity contribution is 5.83. The normalized spacial score (nSPS) is 15.8. The van der Waals surface area contributed by atoms with Crippen molar-refractivity contribution in [3.8, 4) is 0 Å². The second-order valence-electron chi connectivity index (χ2n) is 17.1. The molecule has 5 unspecified atom stereocenters. The van der Waals surface area contributed by atoms with Crippen molar-refractivity contribution in [1.82, 2.24) is 4.90 Å². The van der Waals surface area contributed by atoms with Gasteiger partial charge in [-0.25, -0.2) is 0 Å². The fraction of sp³-hybridized carbons (Fsp3) is 0.872. The van der Waals surface area contributed by atoms with E-state index in [0.717, 1.165) is 6.42 Å². The van der Waals surface area contributed by atoms with Crippen LogP contribution in [0.2, 0.25) is 0 Å². The smallest absolute Gasteiger partial charge is 0.311 e. The highest BCUT2D eigenvalue weighted by Gasteiger charge is 2.50. The molecule has 0 spiro atoms. The molecule has 0 aromatic carbocycles. The summed E-state index contributed by atoms with van der Waals surface area (Å²) in [6.07, 6.45) is -0.893. The molecule has 1 amide bonds. The number of hydrogen-bond acceptors (Lipinski definition) is 16. The van der Waals surface area contributed by atoms with Crippen molar-refractivity contribution in [2.24, 2.45) is 27.1 Å². The number of nitrogens with zero attached hydrogens (tertiary/aromatic N) is 1. The number of rotatable bonds is 28. The molecular weight excluding hydrogens is 835 g/mol. The summed E-state index contributed by atoms with van der Waals surface area (Å²) in [6, 6.07) is 0. The summed E-state index contributed by atoms with van der Waals surface area (Å²) in [5.41, 5.74) is -6.11. The van der Waals surface area contributed by atoms with Crippen molar-refractivity contribution in [3.63, 3.8) is 0 Å². The molecule has 1 saturated heterocycles. The minimum absolute atomic E-state index is 0. The molecule has 0 saturated carbocycles. The van der Waals surface area contributed by atoms with Gasteiger partial charge in [-0.15, -0.1) is 0 Å². The zero-order valence-electron chi connectivity index (χ0n) is 35.5. The Bertz CT molecular complexity index is 1340. The summed E-state index contributed by atoms with van der Waals surface area (Å²) in [5.74, 6) is -3.26. The Balaban J connectivity index is -0.000000928. The molecule has 17 nitrogen and oxygen atoms in total. The highest BCUT2D eigenvalue weighted by atomic mass is 16.6. The number of aliphatic hydroxyl groups excluding tert-OH is 4. The average Bonchev–Trinajstić information content (AvgIpc) is 3.57. The lowest BCUT2D eigenvalue weighted by atomic mass is 9.65. The summed E-state index contributed by atoms with van der Waals surface area (Å²) in [4.78, 5) is 79.4. The lowest BCUT2D eigenvalue weighted by Crippen LogP contribution is -2.45. The van der Waals surface area contributed by atoms with Crippen molar-refractivity contribution in [2.75, 3.05) is 72.6 Å². The second-order valence-corrected chi connectivity index (χ2v) is 17.1. The van der Waals surface area contributed by atoms with Crippen molar-refractivity contribution in [3.05, 3.63) is 0 Å². The van der Waals surface area contributed by atoms with Crippen molar-refractivity contribution >= 4 is 35.8 Å². The molecular formula is C47H97NO16. The molecule has 64 heavy (non-hydrogen) atoms. The van der Waals surface area contributed by atoms with Gasteiger partial charge in [-0.2, -0.15) is 0 Å². The standard InChI is InChI=1S/C40H69NO16.7CH4/c1-10-38(7,33(49)54-18-16-42)25-36(3,4)31(47)55-20-19-52-22-29(45)24-56-32(48)37(5,6)26-40(9,35(51)57-23-28(44)21-43)27-39(8,11-2)34(50)53-17-15-41-14-12-13-30(41)46;;;;;;;/h28-29,42-45H,10-27H2,1-9H3;7*1H4. The molecule has 1 heterocycles. The Morgan fingerprint density at radius 2 is 0.984 bits per heavy atom. The number of carbonyl (C=O) groups excluding carboxylic acids is 6. The van der Waals surface area contributed by atoms with Crippen LogP contribution in [0.5, 0.6) is 0 Å². The Labute approximate surface area is 388 Å². The van der Waals surface area contributed by atoms with Gasteiger partial charge in [-0.3, -0.25) is 28.8 Å². The zero-order valence-corrected chi connectivity index (χ0v) is 35.5. The van der Waals surface area contributed by atoms with Gasteiger partial charge in [0.05, 0.1) is 60.0 Å². The molecule has 386 valence electrons. The van der Waals surface area contributed by atoms with Crippen LogP contribution in [0, 0.1) is 27.1 Å². The first-order valence-electron chi connectivity index (χ1n) is 19.8. The maximum atomic E-state index is 13.6. The first-order valence-corrected chi connectivity index (χ1v) is 19.8. The van der Waals surface area contributed by atoms with Crippen LogP contribution in [0.15, 0.2) is 0 Å². The van der Waals surface area contributed by atoms with Gasteiger partial charge < -0.3 is 53.7 Å². The molecule has 0 bridgehead atoms. The SMILES string of the molecule is C.C.C.C.C.C.C.CCC(C)(CC(C)(C)C(=O)OCCOCC(O)COC(=O)C(C)(C)CC(C)(CC(C)(CC)C(=O)OCCN1CCCC1=O)C(=O)OCC(O)CO)C(=O)OCCO. The van der Waals surface area contributed by atoms with Gasteiger partial charge in [-0.1, -0.05) is 65.8 Å². The lowest BCUT2D eigenvalue weighted by molar-refractivity contribution is -0.172. The average molecular weight is 932 g/mol. The molecule has 17 heteroatoms. The van der Waals surface area contributed by atoms with Crippen LogP contribution in [-0.2, 0) is 57.2 Å². The van der Waals surface area contributed by atoms with Crippen LogP contribution in [-0.4, -0.2) is 146 Å². The van der Waals surface area contributed by atoms with Crippen LogP contribution in [0.1, 0.15) is 159 Å². The number of carbonyl (C=O) groups is 6. The second kappa shape index (κ2) is 34.0. The van der Waals surface area contributed by atoms with Gasteiger partial charge >= 0.3 is 29.8 Å². The Morgan fingerprint density at radius 3 is 1.45 bits per heavy atom. The fourth-order valence-corrected chi connectivity index (χ4v) is 6.94. The predicted molar refractivity (Wildman–Crippen MR) is 251 cm³/mol.